The number of aliphatic imine (C=N–C) groups is 1. The smallest absolute Gasteiger partial charge is 0.219 e. The Balaban J connectivity index is 2.30. The van der Waals surface area contributed by atoms with Crippen LogP contribution in [0.2, 0.25) is 0 Å². The van der Waals surface area contributed by atoms with Gasteiger partial charge < -0.3 is 16.0 Å². The molecule has 0 aliphatic carbocycles. The number of nitrogens with zero attached hydrogens (tertiary/aromatic N) is 3. The number of hydrogen-bond acceptors (Lipinski definition) is 5. The molecule has 2 heterocycles. The fourth-order valence-electron chi connectivity index (χ4n) is 3.24. The Morgan fingerprint density at radius 1 is 1.48 bits per heavy atom. The molecule has 2 radical (unpaired) electrons. The second-order valence-electron chi connectivity index (χ2n) is 6.89. The monoisotopic (exact) mass is 506 g/mol. The van der Waals surface area contributed by atoms with Crippen LogP contribution in [-0.4, -0.2) is 53.6 Å². The number of allylic oxidation sites excluding steroid dienone is 4. The fraction of sp³-hybridized carbons (Fsp3) is 0.400. The number of hydrogen-bond donors (Lipinski definition) is 3. The predicted molar refractivity (Wildman–Crippen MR) is 128 cm³/mol. The van der Waals surface area contributed by atoms with E-state index in [1.165, 1.54) is 11.2 Å². The first-order valence-electron chi connectivity index (χ1n) is 9.49. The Morgan fingerprint density at radius 3 is 2.72 bits per heavy atom. The Labute approximate surface area is 187 Å². The van der Waals surface area contributed by atoms with Crippen LogP contribution < -0.4 is 16.9 Å². The van der Waals surface area contributed by atoms with Gasteiger partial charge in [0.05, 0.1) is 6.54 Å². The van der Waals surface area contributed by atoms with Crippen LogP contribution >= 0.6 is 22.6 Å². The molecule has 0 aromatic carbocycles. The average molecular weight is 506 g/mol. The van der Waals surface area contributed by atoms with Crippen LogP contribution in [0.5, 0.6) is 0 Å². The van der Waals surface area contributed by atoms with Crippen molar-refractivity contribution in [2.45, 2.75) is 19.8 Å². The number of alkyl halides is 1. The zero-order chi connectivity index (χ0) is 21.4. The van der Waals surface area contributed by atoms with E-state index in [0.29, 0.717) is 28.1 Å². The van der Waals surface area contributed by atoms with Crippen molar-refractivity contribution in [3.8, 4) is 0 Å². The molecule has 29 heavy (non-hydrogen) atoms. The Kier molecular flexibility index (Phi) is 9.03. The minimum absolute atomic E-state index is 0.120. The maximum absolute atomic E-state index is 11.6. The first kappa shape index (κ1) is 23.3. The highest BCUT2D eigenvalue weighted by atomic mass is 127. The molecule has 1 saturated heterocycles. The molecule has 0 unspecified atom stereocenters. The molecule has 9 heteroatoms. The van der Waals surface area contributed by atoms with Crippen LogP contribution in [-0.2, 0) is 4.79 Å². The molecule has 7 nitrogen and oxygen atoms in total. The summed E-state index contributed by atoms with van der Waals surface area (Å²) < 4.78 is 0.635. The lowest BCUT2D eigenvalue weighted by molar-refractivity contribution is -0.130. The Hall–Kier alpha value is -2.01. The molecular formula is C20H28BIN6O. The molecule has 0 spiro atoms. The number of hydrazine groups is 1. The quantitative estimate of drug-likeness (QED) is 0.167. The number of nitrogens with one attached hydrogen (secondary N) is 1. The molecular weight excluding hydrogens is 478 g/mol. The lowest BCUT2D eigenvalue weighted by Gasteiger charge is -2.37. The zero-order valence-corrected chi connectivity index (χ0v) is 18.9. The maximum atomic E-state index is 11.6. The molecule has 0 bridgehead atoms. The first-order valence-corrected chi connectivity index (χ1v) is 11.0. The number of halogens is 1. The number of amides is 1. The molecule has 0 atom stereocenters. The normalized spacial score (nSPS) is 22.0. The topological polar surface area (TPSA) is 100.0 Å². The van der Waals surface area contributed by atoms with Gasteiger partial charge in [-0.15, -0.1) is 0 Å². The van der Waals surface area contributed by atoms with Gasteiger partial charge in [0.25, 0.3) is 0 Å². The average Bonchev–Trinajstić information content (AvgIpc) is 2.74. The van der Waals surface area contributed by atoms with E-state index in [4.69, 9.17) is 19.4 Å². The molecule has 0 aromatic rings. The SMILES string of the molecule is [B]/C(CI)=C1\NC(C2CCN(C(C)=O)CC2)=CC(=NC/C(C=C)=C/C=C\N)N1N. The largest absolute Gasteiger partial charge is 0.405 e. The van der Waals surface area contributed by atoms with Crippen LogP contribution in [0.3, 0.4) is 0 Å². The molecule has 2 aliphatic rings. The summed E-state index contributed by atoms with van der Waals surface area (Å²) in [7, 11) is 6.20. The molecule has 0 saturated carbocycles. The molecule has 1 amide bonds. The van der Waals surface area contributed by atoms with Gasteiger partial charge in [-0.2, -0.15) is 0 Å². The van der Waals surface area contributed by atoms with Gasteiger partial charge in [-0.1, -0.05) is 46.8 Å². The third-order valence-corrected chi connectivity index (χ3v) is 5.79. The zero-order valence-electron chi connectivity index (χ0n) is 16.8. The van der Waals surface area contributed by atoms with Gasteiger partial charge in [-0.25, -0.2) is 10.9 Å². The van der Waals surface area contributed by atoms with Gasteiger partial charge >= 0.3 is 0 Å². The number of carbonyl (C=O) groups is 1. The van der Waals surface area contributed by atoms with E-state index in [2.05, 4.69) is 39.5 Å². The highest BCUT2D eigenvalue weighted by molar-refractivity contribution is 14.1. The van der Waals surface area contributed by atoms with Crippen molar-refractivity contribution in [3.63, 3.8) is 0 Å². The Bertz CT molecular complexity index is 778. The first-order chi connectivity index (χ1) is 13.9. The van der Waals surface area contributed by atoms with Crippen LogP contribution in [0, 0.1) is 5.92 Å². The van der Waals surface area contributed by atoms with Gasteiger partial charge in [-0.3, -0.25) is 9.79 Å². The van der Waals surface area contributed by atoms with Crippen LogP contribution in [0.15, 0.2) is 64.6 Å². The lowest BCUT2D eigenvalue weighted by Crippen LogP contribution is -2.48. The minimum atomic E-state index is 0.120. The summed E-state index contributed by atoms with van der Waals surface area (Å²) in [5, 5.41) is 4.89. The van der Waals surface area contributed by atoms with E-state index >= 15 is 0 Å². The van der Waals surface area contributed by atoms with Gasteiger partial charge in [0.1, 0.15) is 19.5 Å². The van der Waals surface area contributed by atoms with Crippen molar-refractivity contribution >= 4 is 42.2 Å². The number of nitrogens with two attached hydrogens (primary N) is 2. The number of amidine groups is 1. The van der Waals surface area contributed by atoms with Crippen LogP contribution in [0.1, 0.15) is 19.8 Å². The van der Waals surface area contributed by atoms with Crippen LogP contribution in [0.4, 0.5) is 0 Å². The Morgan fingerprint density at radius 2 is 2.17 bits per heavy atom. The number of carbonyl (C=O) groups excluding carboxylic acids is 1. The number of rotatable bonds is 6. The molecule has 2 rings (SSSR count). The van der Waals surface area contributed by atoms with Gasteiger partial charge in [-0.05, 0) is 30.7 Å². The maximum Gasteiger partial charge on any atom is 0.219 e. The second kappa shape index (κ2) is 11.2. The summed E-state index contributed by atoms with van der Waals surface area (Å²) in [5.41, 5.74) is 8.00. The third kappa shape index (κ3) is 6.23. The fourth-order valence-corrected chi connectivity index (χ4v) is 3.60. The highest BCUT2D eigenvalue weighted by Crippen LogP contribution is 2.27. The minimum Gasteiger partial charge on any atom is -0.405 e. The third-order valence-electron chi connectivity index (χ3n) is 4.97. The van der Waals surface area contributed by atoms with Crippen molar-refractivity contribution in [1.29, 1.82) is 0 Å². The van der Waals surface area contributed by atoms with Crippen molar-refractivity contribution in [3.05, 3.63) is 59.6 Å². The standard InChI is InChI=1S/C20H28BIN6O/c1-3-15(5-4-8-23)13-25-19-11-18(26-20(28(19)24)17(21)12-22)16-6-9-27(10-7-16)14(2)29/h3-5,8,11,16,26H,1,6-7,9-10,12-13,23-24H2,2H3/b8-4-,15-5+,20-17+,25-19?. The van der Waals surface area contributed by atoms with E-state index in [9.17, 15) is 4.79 Å². The van der Waals surface area contributed by atoms with Crippen LogP contribution in [0.25, 0.3) is 0 Å². The lowest BCUT2D eigenvalue weighted by atomic mass is 9.91. The number of piperidine rings is 1. The van der Waals surface area contributed by atoms with E-state index in [1.807, 2.05) is 17.1 Å². The van der Waals surface area contributed by atoms with Gasteiger partial charge in [0.2, 0.25) is 5.91 Å². The van der Waals surface area contributed by atoms with Gasteiger partial charge in [0, 0.05) is 42.1 Å². The molecule has 5 N–H and O–H groups in total. The van der Waals surface area contributed by atoms with E-state index < -0.39 is 0 Å². The molecule has 1 fully saturated rings. The van der Waals surface area contributed by atoms with E-state index in [0.717, 1.165) is 37.2 Å². The molecule has 0 aromatic heterocycles. The summed E-state index contributed by atoms with van der Waals surface area (Å²) in [4.78, 5) is 18.2. The van der Waals surface area contributed by atoms with Gasteiger partial charge in [0.15, 0.2) is 0 Å². The molecule has 2 aliphatic heterocycles. The highest BCUT2D eigenvalue weighted by Gasteiger charge is 2.28. The summed E-state index contributed by atoms with van der Waals surface area (Å²) in [5.74, 6) is 7.98. The second-order valence-corrected chi connectivity index (χ2v) is 7.65. The number of likely N-dealkylation sites (tertiary alicyclic amines) is 1. The van der Waals surface area contributed by atoms with Crippen molar-refractivity contribution < 1.29 is 4.79 Å². The predicted octanol–water partition coefficient (Wildman–Crippen LogP) is 1.66. The molecule has 154 valence electrons. The summed E-state index contributed by atoms with van der Waals surface area (Å²) in [6, 6.07) is 0. The summed E-state index contributed by atoms with van der Waals surface area (Å²) in [6.45, 7) is 7.33. The van der Waals surface area contributed by atoms with Crippen molar-refractivity contribution in [2.75, 3.05) is 24.1 Å². The van der Waals surface area contributed by atoms with E-state index in [-0.39, 0.29) is 11.8 Å². The van der Waals surface area contributed by atoms with Crippen molar-refractivity contribution in [1.82, 2.24) is 15.2 Å². The summed E-state index contributed by atoms with van der Waals surface area (Å²) in [6.07, 6.45) is 10.5. The van der Waals surface area contributed by atoms with E-state index in [1.54, 1.807) is 19.1 Å². The van der Waals surface area contributed by atoms with Crippen molar-refractivity contribution in [2.24, 2.45) is 22.5 Å². The summed E-state index contributed by atoms with van der Waals surface area (Å²) >= 11 is 2.21.